The molecule has 2 aromatic rings. The maximum Gasteiger partial charge on any atom is 0.274 e. The molecule has 0 aromatic carbocycles. The van der Waals surface area contributed by atoms with E-state index in [0.717, 1.165) is 25.9 Å². The van der Waals surface area contributed by atoms with Crippen molar-refractivity contribution in [3.05, 3.63) is 34.4 Å². The van der Waals surface area contributed by atoms with E-state index in [2.05, 4.69) is 10.3 Å². The van der Waals surface area contributed by atoms with E-state index in [1.807, 2.05) is 11.9 Å². The number of hydrogen-bond donors (Lipinski definition) is 2. The average molecular weight is 288 g/mol. The molecule has 0 aliphatic carbocycles. The Balaban J connectivity index is 1.94. The predicted octanol–water partition coefficient (Wildman–Crippen LogP) is 0.691. The van der Waals surface area contributed by atoms with Gasteiger partial charge in [0.15, 0.2) is 0 Å². The smallest absolute Gasteiger partial charge is 0.274 e. The second-order valence-electron chi connectivity index (χ2n) is 5.58. The van der Waals surface area contributed by atoms with Crippen LogP contribution in [-0.2, 0) is 7.05 Å². The van der Waals surface area contributed by atoms with Crippen LogP contribution in [0.3, 0.4) is 0 Å². The number of aryl methyl sites for hydroxylation is 1. The lowest BCUT2D eigenvalue weighted by Crippen LogP contribution is -2.44. The SMILES string of the molecule is CNC1CCN(C(=O)c2cn(C)c(=O)c3[nH]ccc23)CC1. The Labute approximate surface area is 122 Å². The molecular weight excluding hydrogens is 268 g/mol. The number of likely N-dealkylation sites (tertiary alicyclic amines) is 1. The Kier molecular flexibility index (Phi) is 3.55. The van der Waals surface area contributed by atoms with Crippen LogP contribution < -0.4 is 10.9 Å². The van der Waals surface area contributed by atoms with Crippen LogP contribution in [0, 0.1) is 0 Å². The molecule has 2 aromatic heterocycles. The van der Waals surface area contributed by atoms with Gasteiger partial charge in [-0.2, -0.15) is 0 Å². The number of aromatic nitrogens is 2. The molecule has 1 fully saturated rings. The first-order valence-corrected chi connectivity index (χ1v) is 7.25. The predicted molar refractivity (Wildman–Crippen MR) is 81.5 cm³/mol. The van der Waals surface area contributed by atoms with Crippen LogP contribution in [0.2, 0.25) is 0 Å². The van der Waals surface area contributed by atoms with Crippen molar-refractivity contribution in [1.29, 1.82) is 0 Å². The van der Waals surface area contributed by atoms with Gasteiger partial charge < -0.3 is 19.8 Å². The Morgan fingerprint density at radius 3 is 2.76 bits per heavy atom. The molecule has 2 N–H and O–H groups in total. The van der Waals surface area contributed by atoms with Crippen molar-refractivity contribution in [2.24, 2.45) is 7.05 Å². The lowest BCUT2D eigenvalue weighted by Gasteiger charge is -2.32. The number of pyridine rings is 1. The first-order chi connectivity index (χ1) is 10.1. The van der Waals surface area contributed by atoms with Crippen LogP contribution in [0.4, 0.5) is 0 Å². The van der Waals surface area contributed by atoms with E-state index < -0.39 is 0 Å². The Hall–Kier alpha value is -2.08. The Morgan fingerprint density at radius 1 is 1.38 bits per heavy atom. The first kappa shape index (κ1) is 13.9. The van der Waals surface area contributed by atoms with Gasteiger partial charge in [0, 0.05) is 44.0 Å². The lowest BCUT2D eigenvalue weighted by atomic mass is 10.0. The summed E-state index contributed by atoms with van der Waals surface area (Å²) >= 11 is 0. The van der Waals surface area contributed by atoms with Crippen molar-refractivity contribution in [2.75, 3.05) is 20.1 Å². The zero-order chi connectivity index (χ0) is 15.0. The molecule has 0 spiro atoms. The van der Waals surface area contributed by atoms with E-state index in [9.17, 15) is 9.59 Å². The molecule has 0 radical (unpaired) electrons. The molecule has 112 valence electrons. The van der Waals surface area contributed by atoms with Crippen molar-refractivity contribution in [3.8, 4) is 0 Å². The molecule has 3 rings (SSSR count). The maximum absolute atomic E-state index is 12.7. The molecule has 0 bridgehead atoms. The van der Waals surface area contributed by atoms with E-state index in [4.69, 9.17) is 0 Å². The van der Waals surface area contributed by atoms with Gasteiger partial charge in [-0.1, -0.05) is 0 Å². The molecule has 1 aliphatic rings. The molecule has 1 amide bonds. The molecule has 1 saturated heterocycles. The number of aromatic amines is 1. The Morgan fingerprint density at radius 2 is 2.10 bits per heavy atom. The molecule has 6 heteroatoms. The highest BCUT2D eigenvalue weighted by atomic mass is 16.2. The highest BCUT2D eigenvalue weighted by Gasteiger charge is 2.24. The van der Waals surface area contributed by atoms with Gasteiger partial charge in [-0.3, -0.25) is 9.59 Å². The second kappa shape index (κ2) is 5.37. The second-order valence-corrected chi connectivity index (χ2v) is 5.58. The summed E-state index contributed by atoms with van der Waals surface area (Å²) in [6.07, 6.45) is 5.27. The number of carbonyl (C=O) groups excluding carboxylic acids is 1. The van der Waals surface area contributed by atoms with Crippen LogP contribution in [0.25, 0.3) is 10.9 Å². The number of nitrogens with one attached hydrogen (secondary N) is 2. The van der Waals surface area contributed by atoms with Crippen molar-refractivity contribution in [2.45, 2.75) is 18.9 Å². The third-order valence-electron chi connectivity index (χ3n) is 4.31. The summed E-state index contributed by atoms with van der Waals surface area (Å²) in [6.45, 7) is 1.50. The fourth-order valence-electron chi connectivity index (χ4n) is 2.98. The number of carbonyl (C=O) groups is 1. The van der Waals surface area contributed by atoms with E-state index in [-0.39, 0.29) is 11.5 Å². The normalized spacial score (nSPS) is 16.6. The fraction of sp³-hybridized carbons (Fsp3) is 0.467. The van der Waals surface area contributed by atoms with Crippen LogP contribution in [0.15, 0.2) is 23.3 Å². The topological polar surface area (TPSA) is 70.1 Å². The number of amides is 1. The summed E-state index contributed by atoms with van der Waals surface area (Å²) in [5.41, 5.74) is 0.977. The minimum absolute atomic E-state index is 0.00440. The zero-order valence-corrected chi connectivity index (χ0v) is 12.3. The highest BCUT2D eigenvalue weighted by molar-refractivity contribution is 6.05. The number of rotatable bonds is 2. The van der Waals surface area contributed by atoms with Crippen LogP contribution in [0.5, 0.6) is 0 Å². The van der Waals surface area contributed by atoms with Crippen LogP contribution in [-0.4, -0.2) is 46.5 Å². The summed E-state index contributed by atoms with van der Waals surface area (Å²) in [6, 6.07) is 2.28. The van der Waals surface area contributed by atoms with Crippen LogP contribution >= 0.6 is 0 Å². The molecular formula is C15H20N4O2. The molecule has 1 aliphatic heterocycles. The van der Waals surface area contributed by atoms with E-state index in [1.54, 1.807) is 25.5 Å². The number of nitrogens with zero attached hydrogens (tertiary/aromatic N) is 2. The summed E-state index contributed by atoms with van der Waals surface area (Å²) in [4.78, 5) is 29.6. The van der Waals surface area contributed by atoms with Crippen molar-refractivity contribution in [3.63, 3.8) is 0 Å². The summed E-state index contributed by atoms with van der Waals surface area (Å²) in [7, 11) is 3.63. The third-order valence-corrected chi connectivity index (χ3v) is 4.31. The first-order valence-electron chi connectivity index (χ1n) is 7.25. The van der Waals surface area contributed by atoms with Crippen molar-refractivity contribution in [1.82, 2.24) is 19.8 Å². The van der Waals surface area contributed by atoms with E-state index in [1.165, 1.54) is 4.57 Å². The van der Waals surface area contributed by atoms with E-state index in [0.29, 0.717) is 22.5 Å². The average Bonchev–Trinajstić information content (AvgIpc) is 3.00. The number of H-pyrrole nitrogens is 1. The molecule has 6 nitrogen and oxygen atoms in total. The summed E-state index contributed by atoms with van der Waals surface area (Å²) < 4.78 is 1.46. The van der Waals surface area contributed by atoms with Crippen LogP contribution in [0.1, 0.15) is 23.2 Å². The number of fused-ring (bicyclic) bond motifs is 1. The van der Waals surface area contributed by atoms with Gasteiger partial charge in [0.25, 0.3) is 11.5 Å². The highest BCUT2D eigenvalue weighted by Crippen LogP contribution is 2.19. The summed E-state index contributed by atoms with van der Waals surface area (Å²) in [5.74, 6) is 0.00440. The molecule has 0 saturated carbocycles. The van der Waals surface area contributed by atoms with Gasteiger partial charge in [0.1, 0.15) is 5.52 Å². The largest absolute Gasteiger partial charge is 0.357 e. The maximum atomic E-state index is 12.7. The van der Waals surface area contributed by atoms with Gasteiger partial charge >= 0.3 is 0 Å². The van der Waals surface area contributed by atoms with Crippen molar-refractivity contribution >= 4 is 16.8 Å². The molecule has 0 atom stereocenters. The number of hydrogen-bond acceptors (Lipinski definition) is 3. The fourth-order valence-corrected chi connectivity index (χ4v) is 2.98. The van der Waals surface area contributed by atoms with Gasteiger partial charge in [-0.15, -0.1) is 0 Å². The lowest BCUT2D eigenvalue weighted by molar-refractivity contribution is 0.0708. The summed E-state index contributed by atoms with van der Waals surface area (Å²) in [5, 5.41) is 3.96. The molecule has 21 heavy (non-hydrogen) atoms. The third kappa shape index (κ3) is 2.35. The minimum atomic E-state index is -0.111. The molecule has 3 heterocycles. The number of piperidine rings is 1. The quantitative estimate of drug-likeness (QED) is 0.854. The van der Waals surface area contributed by atoms with Gasteiger partial charge in [0.05, 0.1) is 5.56 Å². The molecule has 0 unspecified atom stereocenters. The van der Waals surface area contributed by atoms with Gasteiger partial charge in [0.2, 0.25) is 0 Å². The van der Waals surface area contributed by atoms with Gasteiger partial charge in [-0.05, 0) is 26.0 Å². The Bertz CT molecular complexity index is 723. The monoisotopic (exact) mass is 288 g/mol. The minimum Gasteiger partial charge on any atom is -0.357 e. The zero-order valence-electron chi connectivity index (χ0n) is 12.3. The van der Waals surface area contributed by atoms with E-state index >= 15 is 0 Å². The van der Waals surface area contributed by atoms with Crippen molar-refractivity contribution < 1.29 is 4.79 Å². The van der Waals surface area contributed by atoms with Gasteiger partial charge in [-0.25, -0.2) is 0 Å². The standard InChI is InChI=1S/C15H20N4O2/c1-16-10-4-7-19(8-5-10)14(20)12-9-18(2)15(21)13-11(12)3-6-17-13/h3,6,9-10,16-17H,4-5,7-8H2,1-2H3.